The number of hydrogen-bond donors (Lipinski definition) is 2. The van der Waals surface area contributed by atoms with Gasteiger partial charge in [-0.15, -0.1) is 0 Å². The first-order chi connectivity index (χ1) is 13.2. The van der Waals surface area contributed by atoms with Gasteiger partial charge in [-0.2, -0.15) is 18.3 Å². The second kappa shape index (κ2) is 8.38. The molecule has 3 rings (SSSR count). The molecule has 4 nitrogen and oxygen atoms in total. The number of anilines is 2. The number of benzene rings is 2. The van der Waals surface area contributed by atoms with Gasteiger partial charge in [0.05, 0.1) is 17.8 Å². The van der Waals surface area contributed by atoms with Gasteiger partial charge < -0.3 is 10.6 Å². The molecule has 28 heavy (non-hydrogen) atoms. The molecule has 0 unspecified atom stereocenters. The lowest BCUT2D eigenvalue weighted by Crippen LogP contribution is -2.22. The van der Waals surface area contributed by atoms with Gasteiger partial charge >= 0.3 is 6.18 Å². The maximum Gasteiger partial charge on any atom is 0.418 e. The van der Waals surface area contributed by atoms with E-state index in [4.69, 9.17) is 35.4 Å². The molecule has 0 aliphatic heterocycles. The second-order valence-electron chi connectivity index (χ2n) is 5.76. The molecule has 3 aromatic rings. The van der Waals surface area contributed by atoms with Gasteiger partial charge in [-0.1, -0.05) is 41.4 Å². The fourth-order valence-electron chi connectivity index (χ4n) is 2.45. The molecule has 10 heteroatoms. The molecular formula is C18H13Cl2F3N4S. The van der Waals surface area contributed by atoms with Crippen LogP contribution in [0.25, 0.3) is 0 Å². The second-order valence-corrected chi connectivity index (χ2v) is 7.01. The quantitative estimate of drug-likeness (QED) is 0.479. The average Bonchev–Trinajstić information content (AvgIpc) is 3.04. The molecule has 0 aliphatic rings. The molecule has 2 aromatic carbocycles. The van der Waals surface area contributed by atoms with Crippen LogP contribution in [-0.2, 0) is 12.7 Å². The summed E-state index contributed by atoms with van der Waals surface area (Å²) in [5, 5.41) is 10.6. The van der Waals surface area contributed by atoms with E-state index < -0.39 is 11.7 Å². The molecular weight excluding hydrogens is 432 g/mol. The Bertz CT molecular complexity index is 1000. The Kier molecular flexibility index (Phi) is 6.12. The Hall–Kier alpha value is -2.29. The van der Waals surface area contributed by atoms with E-state index in [2.05, 4.69) is 15.7 Å². The lowest BCUT2D eigenvalue weighted by atomic mass is 10.2. The number of thiocarbonyl (C=S) groups is 1. The topological polar surface area (TPSA) is 41.9 Å². The molecule has 0 fully saturated rings. The summed E-state index contributed by atoms with van der Waals surface area (Å²) in [6.07, 6.45) is -2.79. The lowest BCUT2D eigenvalue weighted by Gasteiger charge is -2.15. The number of alkyl halides is 3. The van der Waals surface area contributed by atoms with Gasteiger partial charge in [0.1, 0.15) is 0 Å². The molecule has 1 aromatic heterocycles. The molecule has 0 saturated heterocycles. The molecule has 0 amide bonds. The van der Waals surface area contributed by atoms with Crippen molar-refractivity contribution in [3.05, 3.63) is 75.9 Å². The Labute approximate surface area is 174 Å². The Morgan fingerprint density at radius 1 is 1.07 bits per heavy atom. The first kappa shape index (κ1) is 20.4. The van der Waals surface area contributed by atoms with Crippen LogP contribution in [-0.4, -0.2) is 14.9 Å². The van der Waals surface area contributed by atoms with Crippen LogP contribution >= 0.6 is 35.4 Å². The number of para-hydroxylation sites is 1. The smallest absolute Gasteiger partial charge is 0.332 e. The molecule has 1 heterocycles. The Balaban J connectivity index is 1.66. The molecule has 0 radical (unpaired) electrons. The van der Waals surface area contributed by atoms with Crippen LogP contribution in [0, 0.1) is 0 Å². The maximum absolute atomic E-state index is 13.1. The number of nitrogens with one attached hydrogen (secondary N) is 2. The van der Waals surface area contributed by atoms with Crippen LogP contribution < -0.4 is 10.6 Å². The minimum atomic E-state index is -4.49. The van der Waals surface area contributed by atoms with E-state index in [1.807, 2.05) is 0 Å². The summed E-state index contributed by atoms with van der Waals surface area (Å²) in [5.41, 5.74) is -0.123. The summed E-state index contributed by atoms with van der Waals surface area (Å²) >= 11 is 17.1. The van der Waals surface area contributed by atoms with Crippen molar-refractivity contribution < 1.29 is 13.2 Å². The molecule has 0 aliphatic carbocycles. The highest BCUT2D eigenvalue weighted by molar-refractivity contribution is 7.80. The van der Waals surface area contributed by atoms with E-state index in [9.17, 15) is 13.2 Å². The van der Waals surface area contributed by atoms with Crippen LogP contribution in [0.3, 0.4) is 0 Å². The van der Waals surface area contributed by atoms with Crippen molar-refractivity contribution in [2.45, 2.75) is 12.7 Å². The first-order valence-electron chi connectivity index (χ1n) is 7.94. The number of halogens is 5. The maximum atomic E-state index is 13.1. The molecule has 0 saturated carbocycles. The summed E-state index contributed by atoms with van der Waals surface area (Å²) in [6.45, 7) is 0.398. The van der Waals surface area contributed by atoms with E-state index in [1.54, 1.807) is 35.1 Å². The van der Waals surface area contributed by atoms with E-state index >= 15 is 0 Å². The SMILES string of the molecule is FC(F)(F)c1ccccc1NC(=S)Nc1ccn(Cc2ccc(Cl)cc2Cl)n1. The summed E-state index contributed by atoms with van der Waals surface area (Å²) < 4.78 is 40.8. The minimum absolute atomic E-state index is 0.00789. The molecule has 2 N–H and O–H groups in total. The van der Waals surface area contributed by atoms with Gasteiger partial charge in [0, 0.05) is 22.3 Å². The minimum Gasteiger partial charge on any atom is -0.332 e. The van der Waals surface area contributed by atoms with Crippen molar-refractivity contribution >= 4 is 52.0 Å². The van der Waals surface area contributed by atoms with Crippen LogP contribution in [0.15, 0.2) is 54.7 Å². The monoisotopic (exact) mass is 444 g/mol. The van der Waals surface area contributed by atoms with Crippen LogP contribution in [0.2, 0.25) is 10.0 Å². The summed E-state index contributed by atoms with van der Waals surface area (Å²) in [5.74, 6) is 0.382. The van der Waals surface area contributed by atoms with Crippen molar-refractivity contribution in [1.29, 1.82) is 0 Å². The van der Waals surface area contributed by atoms with Crippen LogP contribution in [0.1, 0.15) is 11.1 Å². The van der Waals surface area contributed by atoms with Gasteiger partial charge in [-0.25, -0.2) is 0 Å². The predicted molar refractivity (Wildman–Crippen MR) is 109 cm³/mol. The van der Waals surface area contributed by atoms with Gasteiger partial charge in [-0.05, 0) is 42.0 Å². The van der Waals surface area contributed by atoms with E-state index in [0.29, 0.717) is 22.4 Å². The third kappa shape index (κ3) is 5.15. The zero-order valence-electron chi connectivity index (χ0n) is 14.1. The largest absolute Gasteiger partial charge is 0.418 e. The summed E-state index contributed by atoms with van der Waals surface area (Å²) in [7, 11) is 0. The first-order valence-corrected chi connectivity index (χ1v) is 9.10. The third-order valence-electron chi connectivity index (χ3n) is 3.71. The van der Waals surface area contributed by atoms with E-state index in [-0.39, 0.29) is 10.8 Å². The molecule has 0 spiro atoms. The van der Waals surface area contributed by atoms with Crippen molar-refractivity contribution in [3.8, 4) is 0 Å². The van der Waals surface area contributed by atoms with E-state index in [0.717, 1.165) is 11.6 Å². The van der Waals surface area contributed by atoms with Gasteiger partial charge in [-0.3, -0.25) is 4.68 Å². The fourth-order valence-corrected chi connectivity index (χ4v) is 3.13. The zero-order chi connectivity index (χ0) is 20.3. The Morgan fingerprint density at radius 3 is 2.54 bits per heavy atom. The number of nitrogens with zero attached hydrogens (tertiary/aromatic N) is 2. The van der Waals surface area contributed by atoms with E-state index in [1.165, 1.54) is 18.2 Å². The van der Waals surface area contributed by atoms with Crippen molar-refractivity contribution in [2.24, 2.45) is 0 Å². The van der Waals surface area contributed by atoms with Gasteiger partial charge in [0.15, 0.2) is 10.9 Å². The normalized spacial score (nSPS) is 11.3. The Morgan fingerprint density at radius 2 is 1.82 bits per heavy atom. The van der Waals surface area contributed by atoms with Gasteiger partial charge in [0.2, 0.25) is 0 Å². The fraction of sp³-hybridized carbons (Fsp3) is 0.111. The van der Waals surface area contributed by atoms with Crippen molar-refractivity contribution in [2.75, 3.05) is 10.6 Å². The van der Waals surface area contributed by atoms with Crippen LogP contribution in [0.5, 0.6) is 0 Å². The highest BCUT2D eigenvalue weighted by atomic mass is 35.5. The molecule has 0 atom stereocenters. The van der Waals surface area contributed by atoms with Gasteiger partial charge in [0.25, 0.3) is 0 Å². The number of hydrogen-bond acceptors (Lipinski definition) is 2. The number of aromatic nitrogens is 2. The van der Waals surface area contributed by atoms with Crippen molar-refractivity contribution in [3.63, 3.8) is 0 Å². The third-order valence-corrected chi connectivity index (χ3v) is 4.50. The average molecular weight is 445 g/mol. The lowest BCUT2D eigenvalue weighted by molar-refractivity contribution is -0.136. The molecule has 146 valence electrons. The number of rotatable bonds is 4. The summed E-state index contributed by atoms with van der Waals surface area (Å²) in [4.78, 5) is 0. The van der Waals surface area contributed by atoms with Crippen LogP contribution in [0.4, 0.5) is 24.7 Å². The summed E-state index contributed by atoms with van der Waals surface area (Å²) in [6, 6.07) is 11.9. The predicted octanol–water partition coefficient (Wildman–Crippen LogP) is 6.07. The molecule has 0 bridgehead atoms. The van der Waals surface area contributed by atoms with Crippen molar-refractivity contribution in [1.82, 2.24) is 9.78 Å². The highest BCUT2D eigenvalue weighted by Gasteiger charge is 2.33. The standard InChI is InChI=1S/C18H13Cl2F3N4S/c19-12-6-5-11(14(20)9-12)10-27-8-7-16(26-27)25-17(28)24-15-4-2-1-3-13(15)18(21,22)23/h1-9H,10H2,(H2,24,25,26,28). The highest BCUT2D eigenvalue weighted by Crippen LogP contribution is 2.34. The zero-order valence-corrected chi connectivity index (χ0v) is 16.4.